The minimum Gasteiger partial charge on any atom is -0.379 e. The van der Waals surface area contributed by atoms with Crippen LogP contribution in [-0.2, 0) is 19.6 Å². The van der Waals surface area contributed by atoms with Crippen molar-refractivity contribution in [3.05, 3.63) is 24.3 Å². The highest BCUT2D eigenvalue weighted by Crippen LogP contribution is 2.19. The fraction of sp³-hybridized carbons (Fsp3) is 0.500. The number of benzene rings is 1. The first-order valence-electron chi connectivity index (χ1n) is 8.08. The van der Waals surface area contributed by atoms with Gasteiger partial charge >= 0.3 is 0 Å². The Labute approximate surface area is 153 Å². The summed E-state index contributed by atoms with van der Waals surface area (Å²) in [6, 6.07) is 6.28. The molecule has 1 aromatic rings. The molecule has 2 rings (SSSR count). The first-order chi connectivity index (χ1) is 11.8. The number of carbonyl (C=O) groups is 1. The summed E-state index contributed by atoms with van der Waals surface area (Å²) in [5.74, 6) is 0.0893. The summed E-state index contributed by atoms with van der Waals surface area (Å²) in [6.45, 7) is 5.42. The molecule has 138 valence electrons. The van der Waals surface area contributed by atoms with Crippen molar-refractivity contribution < 1.29 is 17.9 Å². The van der Waals surface area contributed by atoms with E-state index >= 15 is 0 Å². The van der Waals surface area contributed by atoms with E-state index in [1.165, 1.54) is 16.4 Å². The summed E-state index contributed by atoms with van der Waals surface area (Å²) >= 11 is 5.09. The summed E-state index contributed by atoms with van der Waals surface area (Å²) in [5.41, 5.74) is 0.607. The number of rotatable bonds is 5. The summed E-state index contributed by atoms with van der Waals surface area (Å²) in [5, 5.41) is 5.66. The molecule has 1 fully saturated rings. The van der Waals surface area contributed by atoms with Crippen molar-refractivity contribution in [2.24, 2.45) is 5.92 Å². The van der Waals surface area contributed by atoms with Gasteiger partial charge in [-0.3, -0.25) is 4.79 Å². The number of nitrogens with one attached hydrogen (secondary N) is 2. The Hall–Kier alpha value is -1.55. The second-order valence-electron chi connectivity index (χ2n) is 6.14. The van der Waals surface area contributed by atoms with Crippen LogP contribution in [0.25, 0.3) is 0 Å². The highest BCUT2D eigenvalue weighted by atomic mass is 32.2. The van der Waals surface area contributed by atoms with E-state index in [2.05, 4.69) is 10.6 Å². The number of sulfonamides is 1. The van der Waals surface area contributed by atoms with Crippen LogP contribution < -0.4 is 10.6 Å². The lowest BCUT2D eigenvalue weighted by Gasteiger charge is -2.26. The number of hydrogen-bond acceptors (Lipinski definition) is 5. The maximum Gasteiger partial charge on any atom is 0.243 e. The van der Waals surface area contributed by atoms with Crippen LogP contribution in [0, 0.1) is 5.92 Å². The summed E-state index contributed by atoms with van der Waals surface area (Å²) in [6.07, 6.45) is 0.387. The van der Waals surface area contributed by atoms with Crippen molar-refractivity contribution in [3.63, 3.8) is 0 Å². The smallest absolute Gasteiger partial charge is 0.243 e. The van der Waals surface area contributed by atoms with E-state index in [9.17, 15) is 13.2 Å². The molecule has 1 amide bonds. The van der Waals surface area contributed by atoms with Crippen molar-refractivity contribution in [3.8, 4) is 0 Å². The lowest BCUT2D eigenvalue weighted by atomic mass is 10.1. The molecule has 7 nitrogen and oxygen atoms in total. The van der Waals surface area contributed by atoms with Crippen molar-refractivity contribution in [2.45, 2.75) is 25.2 Å². The number of morpholine rings is 1. The minimum atomic E-state index is -3.52. The van der Waals surface area contributed by atoms with Crippen molar-refractivity contribution >= 4 is 38.9 Å². The summed E-state index contributed by atoms with van der Waals surface area (Å²) < 4.78 is 31.7. The lowest BCUT2D eigenvalue weighted by molar-refractivity contribution is -0.120. The van der Waals surface area contributed by atoms with Crippen molar-refractivity contribution in [2.75, 3.05) is 31.6 Å². The number of anilines is 1. The molecule has 0 aromatic heterocycles. The van der Waals surface area contributed by atoms with Gasteiger partial charge in [0.1, 0.15) is 0 Å². The Morgan fingerprint density at radius 1 is 1.24 bits per heavy atom. The van der Waals surface area contributed by atoms with E-state index < -0.39 is 10.0 Å². The van der Waals surface area contributed by atoms with Crippen molar-refractivity contribution in [1.29, 1.82) is 0 Å². The quantitative estimate of drug-likeness (QED) is 0.748. The zero-order chi connectivity index (χ0) is 18.4. The van der Waals surface area contributed by atoms with Crippen LogP contribution in [0.2, 0.25) is 0 Å². The fourth-order valence-corrected chi connectivity index (χ4v) is 4.00. The van der Waals surface area contributed by atoms with Gasteiger partial charge in [-0.2, -0.15) is 4.31 Å². The van der Waals surface area contributed by atoms with Crippen LogP contribution in [-0.4, -0.2) is 50.0 Å². The first kappa shape index (κ1) is 19.8. The van der Waals surface area contributed by atoms with Gasteiger partial charge in [0, 0.05) is 25.2 Å². The average molecular weight is 386 g/mol. The van der Waals surface area contributed by atoms with Crippen LogP contribution in [0.15, 0.2) is 29.2 Å². The predicted molar refractivity (Wildman–Crippen MR) is 99.8 cm³/mol. The molecular weight excluding hydrogens is 362 g/mol. The molecule has 1 aromatic carbocycles. The van der Waals surface area contributed by atoms with E-state index in [0.717, 1.165) is 0 Å². The number of ether oxygens (including phenoxy) is 1. The number of amides is 1. The van der Waals surface area contributed by atoms with E-state index in [1.54, 1.807) is 12.1 Å². The van der Waals surface area contributed by atoms with E-state index in [-0.39, 0.29) is 21.8 Å². The zero-order valence-corrected chi connectivity index (χ0v) is 16.0. The molecule has 0 spiro atoms. The third-order valence-electron chi connectivity index (χ3n) is 3.57. The Balaban J connectivity index is 1.97. The van der Waals surface area contributed by atoms with E-state index in [4.69, 9.17) is 17.0 Å². The minimum absolute atomic E-state index is 0.154. The van der Waals surface area contributed by atoms with Gasteiger partial charge in [-0.15, -0.1) is 0 Å². The van der Waals surface area contributed by atoms with Gasteiger partial charge in [-0.05, 0) is 42.4 Å². The molecular formula is C16H23N3O4S2. The number of thiocarbonyl (C=S) groups is 1. The molecule has 0 atom stereocenters. The third-order valence-corrected chi connectivity index (χ3v) is 5.68. The zero-order valence-electron chi connectivity index (χ0n) is 14.3. The maximum atomic E-state index is 12.5. The highest BCUT2D eigenvalue weighted by Gasteiger charge is 2.26. The average Bonchev–Trinajstić information content (AvgIpc) is 2.55. The van der Waals surface area contributed by atoms with Crippen molar-refractivity contribution in [1.82, 2.24) is 9.62 Å². The molecule has 0 unspecified atom stereocenters. The van der Waals surface area contributed by atoms with Gasteiger partial charge in [0.25, 0.3) is 0 Å². The van der Waals surface area contributed by atoms with Gasteiger partial charge in [0.05, 0.1) is 18.1 Å². The van der Waals surface area contributed by atoms with Crippen LogP contribution in [0.5, 0.6) is 0 Å². The third kappa shape index (κ3) is 5.74. The Morgan fingerprint density at radius 3 is 2.40 bits per heavy atom. The molecule has 2 N–H and O–H groups in total. The van der Waals surface area contributed by atoms with Gasteiger partial charge in [-0.25, -0.2) is 8.42 Å². The molecule has 9 heteroatoms. The number of carbonyl (C=O) groups excluding carboxylic acids is 1. The van der Waals surface area contributed by atoms with E-state index in [1.807, 2.05) is 13.8 Å². The number of hydrogen-bond donors (Lipinski definition) is 2. The van der Waals surface area contributed by atoms with Gasteiger partial charge in [0.15, 0.2) is 5.11 Å². The molecule has 1 aliphatic rings. The number of nitrogens with zero attached hydrogens (tertiary/aromatic N) is 1. The molecule has 1 saturated heterocycles. The van der Waals surface area contributed by atoms with Gasteiger partial charge in [0.2, 0.25) is 15.9 Å². The first-order valence-corrected chi connectivity index (χ1v) is 9.92. The Morgan fingerprint density at radius 2 is 1.84 bits per heavy atom. The predicted octanol–water partition coefficient (Wildman–Crippen LogP) is 1.57. The lowest BCUT2D eigenvalue weighted by Crippen LogP contribution is -2.40. The second kappa shape index (κ2) is 8.70. The molecule has 0 aliphatic carbocycles. The second-order valence-corrected chi connectivity index (χ2v) is 8.49. The van der Waals surface area contributed by atoms with Gasteiger partial charge in [-0.1, -0.05) is 13.8 Å². The molecule has 25 heavy (non-hydrogen) atoms. The standard InChI is InChI=1S/C16H23N3O4S2/c1-12(2)11-15(20)18-16(24)17-13-3-5-14(6-4-13)25(21,22)19-7-9-23-10-8-19/h3-6,12H,7-11H2,1-2H3,(H2,17,18,20,24). The largest absolute Gasteiger partial charge is 0.379 e. The normalized spacial score (nSPS) is 15.8. The van der Waals surface area contributed by atoms with Gasteiger partial charge < -0.3 is 15.4 Å². The molecule has 0 bridgehead atoms. The topological polar surface area (TPSA) is 87.7 Å². The monoisotopic (exact) mass is 385 g/mol. The van der Waals surface area contributed by atoms with E-state index in [0.29, 0.717) is 38.4 Å². The van der Waals surface area contributed by atoms with Crippen LogP contribution in [0.4, 0.5) is 5.69 Å². The summed E-state index contributed by atoms with van der Waals surface area (Å²) in [7, 11) is -3.52. The van der Waals surface area contributed by atoms with Crippen LogP contribution >= 0.6 is 12.2 Å². The highest BCUT2D eigenvalue weighted by molar-refractivity contribution is 7.89. The Kier molecular flexibility index (Phi) is 6.88. The molecule has 0 saturated carbocycles. The van der Waals surface area contributed by atoms with Crippen LogP contribution in [0.3, 0.4) is 0 Å². The molecule has 1 heterocycles. The van der Waals surface area contributed by atoms with Crippen LogP contribution in [0.1, 0.15) is 20.3 Å². The molecule has 0 radical (unpaired) electrons. The SMILES string of the molecule is CC(C)CC(=O)NC(=S)Nc1ccc(S(=O)(=O)N2CCOCC2)cc1. The fourth-order valence-electron chi connectivity index (χ4n) is 2.36. The Bertz CT molecular complexity index is 711. The molecule has 1 aliphatic heterocycles. The summed E-state index contributed by atoms with van der Waals surface area (Å²) in [4.78, 5) is 11.9. The maximum absolute atomic E-state index is 12.5.